The van der Waals surface area contributed by atoms with Crippen molar-refractivity contribution in [3.05, 3.63) is 125 Å². The Bertz CT molecular complexity index is 1860. The van der Waals surface area contributed by atoms with Crippen molar-refractivity contribution in [2.75, 3.05) is 18.6 Å². The predicted molar refractivity (Wildman–Crippen MR) is 177 cm³/mol. The highest BCUT2D eigenvalue weighted by Crippen LogP contribution is 2.43. The number of likely N-dealkylation sites (N-methyl/N-ethyl adjacent to an activating group) is 1. The summed E-state index contributed by atoms with van der Waals surface area (Å²) >= 11 is 0. The summed E-state index contributed by atoms with van der Waals surface area (Å²) in [7, 11) is 1.37. The van der Waals surface area contributed by atoms with Crippen LogP contribution in [0.25, 0.3) is 5.69 Å². The fourth-order valence-electron chi connectivity index (χ4n) is 5.50. The molecule has 10 nitrogen and oxygen atoms in total. The maximum atomic E-state index is 14.1. The first-order valence-electron chi connectivity index (χ1n) is 15.4. The van der Waals surface area contributed by atoms with E-state index < -0.39 is 41.3 Å². The van der Waals surface area contributed by atoms with Gasteiger partial charge in [-0.05, 0) is 61.9 Å². The standard InChI is InChI=1S/C30H25F4N5O3.C6H10O2/c1-2-38-28-25(23(16-35-17-40)37-39(28)22-9-4-3-5-10-22)24(18-11-13-21(31)14-12-18)26(29(38)42)36-27(41)19-7-6-8-20(15-19)30(32,33)34;1-5(2)4-6(7)8-3/h3-15,17,24,26H,2,16H2,1H3,(H,35,40)(H,36,41);1,4H2,2-3H3. The highest BCUT2D eigenvalue weighted by atomic mass is 19.4. The lowest BCUT2D eigenvalue weighted by Gasteiger charge is -2.38. The second-order valence-corrected chi connectivity index (χ2v) is 11.3. The highest BCUT2D eigenvalue weighted by molar-refractivity contribution is 6.05. The highest BCUT2D eigenvalue weighted by Gasteiger charge is 2.46. The topological polar surface area (TPSA) is 123 Å². The molecule has 0 saturated carbocycles. The lowest BCUT2D eigenvalue weighted by Crippen LogP contribution is -2.55. The summed E-state index contributed by atoms with van der Waals surface area (Å²) in [6, 6.07) is 16.9. The lowest BCUT2D eigenvalue weighted by atomic mass is 9.80. The van der Waals surface area contributed by atoms with Gasteiger partial charge in [-0.25, -0.2) is 9.07 Å². The summed E-state index contributed by atoms with van der Waals surface area (Å²) in [4.78, 5) is 50.5. The number of alkyl halides is 3. The normalized spacial score (nSPS) is 15.3. The molecule has 0 spiro atoms. The van der Waals surface area contributed by atoms with E-state index in [1.807, 2.05) is 6.07 Å². The number of ether oxygens (including phenoxy) is 1. The van der Waals surface area contributed by atoms with Crippen LogP contribution in [0.4, 0.5) is 23.4 Å². The summed E-state index contributed by atoms with van der Waals surface area (Å²) in [6.07, 6.45) is -3.84. The molecule has 3 aromatic carbocycles. The minimum Gasteiger partial charge on any atom is -0.469 e. The number of hydrogen-bond acceptors (Lipinski definition) is 6. The second kappa shape index (κ2) is 16.1. The molecule has 0 aliphatic carbocycles. The largest absolute Gasteiger partial charge is 0.469 e. The summed E-state index contributed by atoms with van der Waals surface area (Å²) in [5.74, 6) is -2.70. The van der Waals surface area contributed by atoms with E-state index >= 15 is 0 Å². The van der Waals surface area contributed by atoms with Crippen LogP contribution in [0, 0.1) is 5.82 Å². The molecule has 0 fully saturated rings. The molecular weight excluding hydrogens is 658 g/mol. The molecule has 4 aromatic rings. The Morgan fingerprint density at radius 2 is 1.72 bits per heavy atom. The van der Waals surface area contributed by atoms with Gasteiger partial charge in [-0.15, -0.1) is 0 Å². The van der Waals surface area contributed by atoms with Crippen LogP contribution in [0.1, 0.15) is 58.9 Å². The Morgan fingerprint density at radius 3 is 2.28 bits per heavy atom. The van der Waals surface area contributed by atoms with Crippen molar-refractivity contribution < 1.29 is 41.5 Å². The summed E-state index contributed by atoms with van der Waals surface area (Å²) in [5.41, 5.74) is 1.50. The van der Waals surface area contributed by atoms with Gasteiger partial charge >= 0.3 is 12.1 Å². The Balaban J connectivity index is 0.000000627. The number of fused-ring (bicyclic) bond motifs is 1. The fourth-order valence-corrected chi connectivity index (χ4v) is 5.50. The maximum Gasteiger partial charge on any atom is 0.416 e. The maximum absolute atomic E-state index is 14.1. The molecule has 0 saturated heterocycles. The van der Waals surface area contributed by atoms with Gasteiger partial charge in [0.15, 0.2) is 0 Å². The van der Waals surface area contributed by atoms with E-state index in [2.05, 4.69) is 21.9 Å². The van der Waals surface area contributed by atoms with Crippen molar-refractivity contribution in [2.24, 2.45) is 0 Å². The van der Waals surface area contributed by atoms with Crippen molar-refractivity contribution in [2.45, 2.75) is 44.9 Å². The number of aromatic nitrogens is 2. The molecular formula is C36H35F4N5O5. The molecule has 50 heavy (non-hydrogen) atoms. The van der Waals surface area contributed by atoms with E-state index in [9.17, 15) is 36.7 Å². The number of para-hydroxylation sites is 1. The minimum absolute atomic E-state index is 0.0244. The van der Waals surface area contributed by atoms with Gasteiger partial charge in [0, 0.05) is 23.6 Å². The van der Waals surface area contributed by atoms with Crippen LogP contribution in [0.2, 0.25) is 0 Å². The molecule has 0 bridgehead atoms. The zero-order chi connectivity index (χ0) is 36.6. The number of methoxy groups -OCH3 is 1. The minimum atomic E-state index is -4.67. The van der Waals surface area contributed by atoms with Gasteiger partial charge in [0.05, 0.1) is 37.0 Å². The number of nitrogens with one attached hydrogen (secondary N) is 2. The first-order valence-corrected chi connectivity index (χ1v) is 15.4. The van der Waals surface area contributed by atoms with E-state index in [-0.39, 0.29) is 24.6 Å². The van der Waals surface area contributed by atoms with Crippen LogP contribution in [0.15, 0.2) is 91.0 Å². The van der Waals surface area contributed by atoms with Crippen molar-refractivity contribution >= 4 is 30.0 Å². The van der Waals surface area contributed by atoms with E-state index in [4.69, 9.17) is 5.10 Å². The zero-order valence-corrected chi connectivity index (χ0v) is 27.5. The molecule has 262 valence electrons. The summed E-state index contributed by atoms with van der Waals surface area (Å²) in [6.45, 7) is 7.20. The molecule has 3 amide bonds. The number of hydrogen-bond donors (Lipinski definition) is 2. The number of anilines is 1. The third kappa shape index (κ3) is 8.43. The molecule has 2 unspecified atom stereocenters. The Morgan fingerprint density at radius 1 is 1.04 bits per heavy atom. The van der Waals surface area contributed by atoms with Gasteiger partial charge in [-0.2, -0.15) is 18.3 Å². The van der Waals surface area contributed by atoms with Crippen LogP contribution >= 0.6 is 0 Å². The van der Waals surface area contributed by atoms with Crippen LogP contribution in [-0.4, -0.2) is 53.7 Å². The molecule has 2 N–H and O–H groups in total. The molecule has 5 rings (SSSR count). The predicted octanol–water partition coefficient (Wildman–Crippen LogP) is 5.70. The molecule has 1 aliphatic heterocycles. The van der Waals surface area contributed by atoms with Gasteiger partial charge in [-0.1, -0.05) is 48.6 Å². The smallest absolute Gasteiger partial charge is 0.416 e. The first-order chi connectivity index (χ1) is 23.8. The summed E-state index contributed by atoms with van der Waals surface area (Å²) in [5, 5.41) is 9.96. The lowest BCUT2D eigenvalue weighted by molar-refractivity contribution is -0.140. The number of halogens is 4. The third-order valence-electron chi connectivity index (χ3n) is 7.72. The van der Waals surface area contributed by atoms with E-state index in [1.54, 1.807) is 42.8 Å². The van der Waals surface area contributed by atoms with Gasteiger partial charge in [0.1, 0.15) is 17.7 Å². The molecule has 2 heterocycles. The number of amides is 3. The second-order valence-electron chi connectivity index (χ2n) is 11.3. The average Bonchev–Trinajstić information content (AvgIpc) is 3.47. The van der Waals surface area contributed by atoms with Crippen LogP contribution < -0.4 is 15.5 Å². The number of rotatable bonds is 10. The Kier molecular flexibility index (Phi) is 11.9. The van der Waals surface area contributed by atoms with E-state index in [0.717, 1.165) is 17.7 Å². The number of carbonyl (C=O) groups excluding carboxylic acids is 4. The quantitative estimate of drug-likeness (QED) is 0.0952. The molecule has 0 radical (unpaired) electrons. The van der Waals surface area contributed by atoms with Crippen LogP contribution in [0.3, 0.4) is 0 Å². The van der Waals surface area contributed by atoms with E-state index in [1.165, 1.54) is 42.3 Å². The van der Waals surface area contributed by atoms with Gasteiger partial charge in [0.2, 0.25) is 6.41 Å². The van der Waals surface area contributed by atoms with Crippen LogP contribution in [0.5, 0.6) is 0 Å². The molecule has 2 atom stereocenters. The van der Waals surface area contributed by atoms with Crippen molar-refractivity contribution in [3.8, 4) is 5.69 Å². The SMILES string of the molecule is C=C(C)CC(=O)OC.CCN1C(=O)C(NC(=O)c2cccc(C(F)(F)F)c2)C(c2ccc(F)cc2)c2c(CNC=O)nn(-c3ccccc3)c21. The number of esters is 1. The van der Waals surface area contributed by atoms with Crippen molar-refractivity contribution in [1.29, 1.82) is 0 Å². The average molecular weight is 694 g/mol. The number of carbonyl (C=O) groups is 4. The molecule has 1 aromatic heterocycles. The van der Waals surface area contributed by atoms with E-state index in [0.29, 0.717) is 47.2 Å². The van der Waals surface area contributed by atoms with Crippen molar-refractivity contribution in [3.63, 3.8) is 0 Å². The monoisotopic (exact) mass is 693 g/mol. The van der Waals surface area contributed by atoms with Gasteiger partial charge in [-0.3, -0.25) is 24.1 Å². The Labute approximate surface area is 285 Å². The first kappa shape index (κ1) is 37.0. The van der Waals surface area contributed by atoms with Crippen LogP contribution in [-0.2, 0) is 31.8 Å². The van der Waals surface area contributed by atoms with Gasteiger partial charge < -0.3 is 15.4 Å². The summed E-state index contributed by atoms with van der Waals surface area (Å²) < 4.78 is 60.0. The third-order valence-corrected chi connectivity index (χ3v) is 7.72. The number of nitrogens with zero attached hydrogens (tertiary/aromatic N) is 3. The molecule has 1 aliphatic rings. The number of benzene rings is 3. The fraction of sp³-hybridized carbons (Fsp3) is 0.250. The Hall–Kier alpha value is -5.79. The van der Waals surface area contributed by atoms with Crippen molar-refractivity contribution in [1.82, 2.24) is 20.4 Å². The van der Waals surface area contributed by atoms with Gasteiger partial charge in [0.25, 0.3) is 11.8 Å². The molecule has 14 heteroatoms. The zero-order valence-electron chi connectivity index (χ0n) is 27.5.